The predicted octanol–water partition coefficient (Wildman–Crippen LogP) is 8.33. The lowest BCUT2D eigenvalue weighted by Gasteiger charge is -1.99. The summed E-state index contributed by atoms with van der Waals surface area (Å²) in [7, 11) is 0. The van der Waals surface area contributed by atoms with Crippen LogP contribution in [0.1, 0.15) is 63.8 Å². The van der Waals surface area contributed by atoms with Crippen molar-refractivity contribution in [3.05, 3.63) is 89.0 Å². The van der Waals surface area contributed by atoms with E-state index in [2.05, 4.69) is 95.8 Å². The second-order valence-corrected chi connectivity index (χ2v) is 6.20. The summed E-state index contributed by atoms with van der Waals surface area (Å²) in [6.45, 7) is 22.0. The van der Waals surface area contributed by atoms with Gasteiger partial charge < -0.3 is 0 Å². The van der Waals surface area contributed by atoms with E-state index in [1.165, 1.54) is 33.4 Å². The van der Waals surface area contributed by atoms with Crippen molar-refractivity contribution in [2.24, 2.45) is 0 Å². The van der Waals surface area contributed by atoms with Crippen LogP contribution in [0, 0.1) is 20.8 Å². The molecule has 2 aromatic rings. The summed E-state index contributed by atoms with van der Waals surface area (Å²) in [4.78, 5) is 0. The normalized spacial score (nSPS) is 9.40. The fourth-order valence-corrected chi connectivity index (χ4v) is 1.62. The minimum Gasteiger partial charge on any atom is -0.100 e. The van der Waals surface area contributed by atoms with Crippen molar-refractivity contribution in [3.63, 3.8) is 0 Å². The lowest BCUT2D eigenvalue weighted by molar-refractivity contribution is 1.40. The maximum atomic E-state index is 3.56. The monoisotopic (exact) mass is 338 g/mol. The summed E-state index contributed by atoms with van der Waals surface area (Å²) in [5.41, 5.74) is 7.80. The Bertz CT molecular complexity index is 570. The lowest BCUT2D eigenvalue weighted by Crippen LogP contribution is -1.78. The molecule has 2 rings (SSSR count). The Morgan fingerprint density at radius 1 is 0.680 bits per heavy atom. The molecule has 0 unspecified atom stereocenters. The minimum atomic E-state index is 1.17. The molecule has 0 N–H and O–H groups in total. The molecule has 0 saturated carbocycles. The molecule has 0 heteroatoms. The van der Waals surface area contributed by atoms with Crippen molar-refractivity contribution >= 4 is 5.57 Å². The highest BCUT2D eigenvalue weighted by Crippen LogP contribution is 2.13. The first-order valence-electron chi connectivity index (χ1n) is 9.11. The van der Waals surface area contributed by atoms with Crippen LogP contribution in [0.4, 0.5) is 0 Å². The van der Waals surface area contributed by atoms with Crippen LogP contribution in [0.3, 0.4) is 0 Å². The number of hydrogen-bond donors (Lipinski definition) is 0. The molecule has 25 heavy (non-hydrogen) atoms. The van der Waals surface area contributed by atoms with Crippen molar-refractivity contribution in [3.8, 4) is 0 Å². The van der Waals surface area contributed by atoms with Gasteiger partial charge in [-0.05, 0) is 59.6 Å². The van der Waals surface area contributed by atoms with Gasteiger partial charge in [-0.1, -0.05) is 90.7 Å². The van der Waals surface area contributed by atoms with E-state index < -0.39 is 0 Å². The highest BCUT2D eigenvalue weighted by Gasteiger charge is 1.91. The highest BCUT2D eigenvalue weighted by atomic mass is 14.0. The van der Waals surface area contributed by atoms with Crippen molar-refractivity contribution in [2.75, 3.05) is 0 Å². The van der Waals surface area contributed by atoms with Crippen LogP contribution >= 0.6 is 0 Å². The number of hydrogen-bond acceptors (Lipinski definition) is 0. The Morgan fingerprint density at radius 2 is 0.920 bits per heavy atom. The van der Waals surface area contributed by atoms with Crippen LogP contribution in [-0.4, -0.2) is 0 Å². The first kappa shape index (κ1) is 25.2. The fraction of sp³-hybridized carbons (Fsp3) is 0.360. The quantitative estimate of drug-likeness (QED) is 0.458. The van der Waals surface area contributed by atoms with Gasteiger partial charge in [0.1, 0.15) is 0 Å². The molecule has 138 valence electrons. The molecule has 0 radical (unpaired) electrons. The van der Waals surface area contributed by atoms with E-state index >= 15 is 0 Å². The molecular formula is C25H38. The van der Waals surface area contributed by atoms with E-state index in [1.54, 1.807) is 0 Å². The maximum Gasteiger partial charge on any atom is -0.0230 e. The van der Waals surface area contributed by atoms with E-state index in [4.69, 9.17) is 0 Å². The maximum absolute atomic E-state index is 3.56. The van der Waals surface area contributed by atoms with Gasteiger partial charge in [0, 0.05) is 0 Å². The Morgan fingerprint density at radius 3 is 1.16 bits per heavy atom. The number of benzene rings is 2. The summed E-state index contributed by atoms with van der Waals surface area (Å²) < 4.78 is 0. The molecule has 0 aliphatic carbocycles. The molecule has 0 aliphatic rings. The van der Waals surface area contributed by atoms with Gasteiger partial charge >= 0.3 is 0 Å². The van der Waals surface area contributed by atoms with E-state index in [9.17, 15) is 0 Å². The summed E-state index contributed by atoms with van der Waals surface area (Å²) >= 11 is 0. The third kappa shape index (κ3) is 15.2. The fourth-order valence-electron chi connectivity index (χ4n) is 1.62. The van der Waals surface area contributed by atoms with Gasteiger partial charge in [0.2, 0.25) is 0 Å². The van der Waals surface area contributed by atoms with E-state index in [0.717, 1.165) is 0 Å². The zero-order valence-corrected chi connectivity index (χ0v) is 17.9. The van der Waals surface area contributed by atoms with Gasteiger partial charge in [0.15, 0.2) is 0 Å². The smallest absolute Gasteiger partial charge is 0.0230 e. The summed E-state index contributed by atoms with van der Waals surface area (Å²) in [5, 5.41) is 0. The average Bonchev–Trinajstić information content (AvgIpc) is 2.59. The highest BCUT2D eigenvalue weighted by molar-refractivity contribution is 5.63. The number of rotatable bonds is 1. The van der Waals surface area contributed by atoms with Crippen LogP contribution in [0.5, 0.6) is 0 Å². The standard InChI is InChI=1S/C11H14.C8H10.C4H8.C2H6/c1-4-10(3)11-7-5-9(2)6-8-11;1-7-3-5-8(2)6-4-7;1-4(2)3;1-2/h4-8H,1-3H3;3-6H,1-2H3;1H2,2-3H3;1-2H3/b10-4+;;;. The summed E-state index contributed by atoms with van der Waals surface area (Å²) in [5.74, 6) is 0. The van der Waals surface area contributed by atoms with Gasteiger partial charge in [0.05, 0.1) is 0 Å². The molecular weight excluding hydrogens is 300 g/mol. The van der Waals surface area contributed by atoms with Gasteiger partial charge in [-0.3, -0.25) is 0 Å². The van der Waals surface area contributed by atoms with Gasteiger partial charge in [0.25, 0.3) is 0 Å². The van der Waals surface area contributed by atoms with Crippen molar-refractivity contribution in [1.82, 2.24) is 0 Å². The Labute approximate surface area is 157 Å². The van der Waals surface area contributed by atoms with Crippen molar-refractivity contribution < 1.29 is 0 Å². The van der Waals surface area contributed by atoms with Crippen LogP contribution in [0.2, 0.25) is 0 Å². The topological polar surface area (TPSA) is 0 Å². The molecule has 2 aromatic carbocycles. The zero-order chi connectivity index (χ0) is 19.8. The summed E-state index contributed by atoms with van der Waals surface area (Å²) in [6.07, 6.45) is 2.13. The van der Waals surface area contributed by atoms with Gasteiger partial charge in [-0.25, -0.2) is 0 Å². The second-order valence-electron chi connectivity index (χ2n) is 6.20. The van der Waals surface area contributed by atoms with Crippen LogP contribution in [0.15, 0.2) is 66.8 Å². The number of aryl methyl sites for hydroxylation is 3. The molecule has 0 spiro atoms. The third-order valence-corrected chi connectivity index (χ3v) is 3.16. The molecule has 0 saturated heterocycles. The Hall–Kier alpha value is -2.08. The largest absolute Gasteiger partial charge is 0.100 e. The lowest BCUT2D eigenvalue weighted by atomic mass is 10.1. The Kier molecular flexibility index (Phi) is 15.5. The van der Waals surface area contributed by atoms with Crippen LogP contribution < -0.4 is 0 Å². The van der Waals surface area contributed by atoms with E-state index in [-0.39, 0.29) is 0 Å². The summed E-state index contributed by atoms with van der Waals surface area (Å²) in [6, 6.07) is 17.1. The van der Waals surface area contributed by atoms with Gasteiger partial charge in [-0.15, -0.1) is 6.58 Å². The zero-order valence-electron chi connectivity index (χ0n) is 17.9. The van der Waals surface area contributed by atoms with Crippen LogP contribution in [-0.2, 0) is 0 Å². The predicted molar refractivity (Wildman–Crippen MR) is 118 cm³/mol. The van der Waals surface area contributed by atoms with Crippen molar-refractivity contribution in [2.45, 2.75) is 62.3 Å². The average molecular weight is 339 g/mol. The minimum absolute atomic E-state index is 1.17. The molecule has 0 atom stereocenters. The van der Waals surface area contributed by atoms with Crippen molar-refractivity contribution in [1.29, 1.82) is 0 Å². The number of allylic oxidation sites excluding steroid dienone is 3. The van der Waals surface area contributed by atoms with E-state index in [1.807, 2.05) is 27.7 Å². The molecule has 0 fully saturated rings. The molecule has 0 bridgehead atoms. The van der Waals surface area contributed by atoms with E-state index in [0.29, 0.717) is 0 Å². The SMILES string of the molecule is C/C=C(\C)c1ccc(C)cc1.C=C(C)C.CC.Cc1ccc(C)cc1. The molecule has 0 amide bonds. The van der Waals surface area contributed by atoms with Gasteiger partial charge in [-0.2, -0.15) is 0 Å². The molecule has 0 nitrogen and oxygen atoms in total. The van der Waals surface area contributed by atoms with Crippen LogP contribution in [0.25, 0.3) is 5.57 Å². The second kappa shape index (κ2) is 15.4. The molecule has 0 heterocycles. The first-order valence-corrected chi connectivity index (χ1v) is 9.11. The molecule has 0 aliphatic heterocycles. The molecule has 0 aromatic heterocycles. The third-order valence-electron chi connectivity index (χ3n) is 3.16. The Balaban J connectivity index is 0. The first-order chi connectivity index (χ1) is 11.8.